The number of nitrogens with zero attached hydrogens (tertiary/aromatic N) is 4. The number of rotatable bonds is 7. The molecule has 4 rings (SSSR count). The topological polar surface area (TPSA) is 48.9 Å². The molecule has 1 amide bonds. The molecule has 1 unspecified atom stereocenters. The van der Waals surface area contributed by atoms with Crippen molar-refractivity contribution in [3.05, 3.63) is 59.9 Å². The summed E-state index contributed by atoms with van der Waals surface area (Å²) in [4.78, 5) is 24.5. The van der Waals surface area contributed by atoms with Gasteiger partial charge in [-0.05, 0) is 51.6 Å². The van der Waals surface area contributed by atoms with Gasteiger partial charge in [0, 0.05) is 50.4 Å². The number of carbonyl (C=O) groups excluding carboxylic acids is 1. The molecule has 2 aromatic rings. The number of piperidine rings is 1. The van der Waals surface area contributed by atoms with Crippen LogP contribution in [0.5, 0.6) is 5.75 Å². The fourth-order valence-electron chi connectivity index (χ4n) is 4.95. The van der Waals surface area contributed by atoms with E-state index in [2.05, 4.69) is 58.0 Å². The first kappa shape index (κ1) is 22.7. The molecule has 0 saturated carbocycles. The number of hydrogen-bond donors (Lipinski definition) is 0. The van der Waals surface area contributed by atoms with E-state index in [0.717, 1.165) is 57.0 Å². The zero-order valence-corrected chi connectivity index (χ0v) is 19.6. The summed E-state index contributed by atoms with van der Waals surface area (Å²) in [5, 5.41) is 0. The Hall–Kier alpha value is -2.44. The standard InChI is InChI=1S/C26H36N4O2/c1-20-9-10-25(14-27-20)32-19-22-13-23(26(31)30-12-11-24(18-30)28(2)3)17-29(16-22)15-21-7-5-4-6-8-21/h4-10,14,22-24H,11-13,15-19H2,1-3H3/t22-,23+,24?/m0/s1. The molecule has 2 saturated heterocycles. The van der Waals surface area contributed by atoms with E-state index < -0.39 is 0 Å². The molecule has 3 heterocycles. The van der Waals surface area contributed by atoms with Crippen molar-refractivity contribution in [2.75, 3.05) is 46.9 Å². The minimum Gasteiger partial charge on any atom is -0.492 e. The molecule has 0 bridgehead atoms. The SMILES string of the molecule is Cc1ccc(OC[C@H]2C[C@@H](C(=O)N3CCC(N(C)C)C3)CN(Cc3ccccc3)C2)cn1. The summed E-state index contributed by atoms with van der Waals surface area (Å²) < 4.78 is 6.08. The van der Waals surface area contributed by atoms with Crippen LogP contribution in [0.15, 0.2) is 48.7 Å². The third-order valence-corrected chi connectivity index (χ3v) is 6.79. The van der Waals surface area contributed by atoms with E-state index in [-0.39, 0.29) is 5.92 Å². The number of benzene rings is 1. The molecular weight excluding hydrogens is 400 g/mol. The molecule has 2 aliphatic rings. The number of hydrogen-bond acceptors (Lipinski definition) is 5. The number of aryl methyl sites for hydroxylation is 1. The maximum absolute atomic E-state index is 13.5. The number of likely N-dealkylation sites (tertiary alicyclic amines) is 2. The van der Waals surface area contributed by atoms with E-state index >= 15 is 0 Å². The zero-order valence-electron chi connectivity index (χ0n) is 19.6. The lowest BCUT2D eigenvalue weighted by Crippen LogP contribution is -2.48. The summed E-state index contributed by atoms with van der Waals surface area (Å²) in [6.07, 6.45) is 3.73. The Morgan fingerprint density at radius 2 is 1.94 bits per heavy atom. The highest BCUT2D eigenvalue weighted by atomic mass is 16.5. The van der Waals surface area contributed by atoms with E-state index in [1.54, 1.807) is 6.20 Å². The van der Waals surface area contributed by atoms with Crippen LogP contribution < -0.4 is 4.74 Å². The Labute approximate surface area is 192 Å². The van der Waals surface area contributed by atoms with Crippen LogP contribution in [0, 0.1) is 18.8 Å². The highest BCUT2D eigenvalue weighted by Crippen LogP contribution is 2.28. The lowest BCUT2D eigenvalue weighted by molar-refractivity contribution is -0.137. The van der Waals surface area contributed by atoms with Gasteiger partial charge in [-0.15, -0.1) is 0 Å². The van der Waals surface area contributed by atoms with Crippen LogP contribution >= 0.6 is 0 Å². The van der Waals surface area contributed by atoms with Gasteiger partial charge in [-0.3, -0.25) is 14.7 Å². The summed E-state index contributed by atoms with van der Waals surface area (Å²) in [7, 11) is 4.21. The van der Waals surface area contributed by atoms with Gasteiger partial charge in [0.15, 0.2) is 0 Å². The Morgan fingerprint density at radius 3 is 2.62 bits per heavy atom. The van der Waals surface area contributed by atoms with Crippen LogP contribution in [-0.4, -0.2) is 78.5 Å². The van der Waals surface area contributed by atoms with Crippen LogP contribution in [0.2, 0.25) is 0 Å². The van der Waals surface area contributed by atoms with Gasteiger partial charge in [-0.1, -0.05) is 30.3 Å². The van der Waals surface area contributed by atoms with E-state index in [1.807, 2.05) is 25.1 Å². The molecule has 2 aliphatic heterocycles. The largest absolute Gasteiger partial charge is 0.492 e. The Morgan fingerprint density at radius 1 is 1.12 bits per heavy atom. The van der Waals surface area contributed by atoms with Crippen molar-refractivity contribution in [2.45, 2.75) is 32.4 Å². The molecule has 0 radical (unpaired) electrons. The summed E-state index contributed by atoms with van der Waals surface area (Å²) in [6, 6.07) is 15.0. The van der Waals surface area contributed by atoms with Crippen LogP contribution in [-0.2, 0) is 11.3 Å². The number of likely N-dealkylation sites (N-methyl/N-ethyl adjacent to an activating group) is 1. The smallest absolute Gasteiger partial charge is 0.227 e. The molecule has 2 fully saturated rings. The van der Waals surface area contributed by atoms with Gasteiger partial charge >= 0.3 is 0 Å². The van der Waals surface area contributed by atoms with Crippen LogP contribution in [0.3, 0.4) is 0 Å². The Balaban J connectivity index is 1.42. The number of carbonyl (C=O) groups is 1. The van der Waals surface area contributed by atoms with E-state index in [4.69, 9.17) is 4.74 Å². The van der Waals surface area contributed by atoms with Gasteiger partial charge < -0.3 is 14.5 Å². The first-order chi connectivity index (χ1) is 15.5. The Kier molecular flexibility index (Phi) is 7.43. The number of ether oxygens (including phenoxy) is 1. The second-order valence-corrected chi connectivity index (χ2v) is 9.61. The van der Waals surface area contributed by atoms with E-state index in [0.29, 0.717) is 24.5 Å². The van der Waals surface area contributed by atoms with E-state index in [9.17, 15) is 4.79 Å². The van der Waals surface area contributed by atoms with E-state index in [1.165, 1.54) is 5.56 Å². The molecular formula is C26H36N4O2. The summed E-state index contributed by atoms with van der Waals surface area (Å²) >= 11 is 0. The average Bonchev–Trinajstić information content (AvgIpc) is 3.29. The third kappa shape index (κ3) is 5.87. The molecule has 6 nitrogen and oxygen atoms in total. The monoisotopic (exact) mass is 436 g/mol. The van der Waals surface area contributed by atoms with Crippen molar-refractivity contribution >= 4 is 5.91 Å². The van der Waals surface area contributed by atoms with Gasteiger partial charge in [0.2, 0.25) is 5.91 Å². The quantitative estimate of drug-likeness (QED) is 0.668. The fraction of sp³-hybridized carbons (Fsp3) is 0.538. The normalized spacial score (nSPS) is 24.1. The van der Waals surface area contributed by atoms with Crippen molar-refractivity contribution < 1.29 is 9.53 Å². The molecule has 172 valence electrons. The molecule has 1 aromatic carbocycles. The van der Waals surface area contributed by atoms with Gasteiger partial charge in [-0.25, -0.2) is 0 Å². The fourth-order valence-corrected chi connectivity index (χ4v) is 4.95. The van der Waals surface area contributed by atoms with Crippen molar-refractivity contribution in [3.8, 4) is 5.75 Å². The second-order valence-electron chi connectivity index (χ2n) is 9.61. The minimum absolute atomic E-state index is 0.0260. The highest BCUT2D eigenvalue weighted by molar-refractivity contribution is 5.79. The lowest BCUT2D eigenvalue weighted by Gasteiger charge is -2.38. The summed E-state index contributed by atoms with van der Waals surface area (Å²) in [5.74, 6) is 1.45. The average molecular weight is 437 g/mol. The predicted molar refractivity (Wildman–Crippen MR) is 126 cm³/mol. The molecule has 1 aromatic heterocycles. The van der Waals surface area contributed by atoms with Gasteiger partial charge in [0.1, 0.15) is 5.75 Å². The summed E-state index contributed by atoms with van der Waals surface area (Å²) in [6.45, 7) is 6.93. The molecule has 0 spiro atoms. The highest BCUT2D eigenvalue weighted by Gasteiger charge is 2.37. The van der Waals surface area contributed by atoms with Gasteiger partial charge in [0.25, 0.3) is 0 Å². The van der Waals surface area contributed by atoms with Crippen LogP contribution in [0.1, 0.15) is 24.1 Å². The molecule has 0 aliphatic carbocycles. The maximum Gasteiger partial charge on any atom is 0.227 e. The number of aromatic nitrogens is 1. The first-order valence-corrected chi connectivity index (χ1v) is 11.7. The van der Waals surface area contributed by atoms with Crippen molar-refractivity contribution in [3.63, 3.8) is 0 Å². The predicted octanol–water partition coefficient (Wildman–Crippen LogP) is 3.07. The molecule has 0 N–H and O–H groups in total. The number of pyridine rings is 1. The second kappa shape index (κ2) is 10.5. The summed E-state index contributed by atoms with van der Waals surface area (Å²) in [5.41, 5.74) is 2.27. The third-order valence-electron chi connectivity index (χ3n) is 6.79. The lowest BCUT2D eigenvalue weighted by atomic mass is 9.88. The maximum atomic E-state index is 13.5. The van der Waals surface area contributed by atoms with Crippen molar-refractivity contribution in [1.29, 1.82) is 0 Å². The van der Waals surface area contributed by atoms with Crippen molar-refractivity contribution in [2.24, 2.45) is 11.8 Å². The van der Waals surface area contributed by atoms with Crippen LogP contribution in [0.25, 0.3) is 0 Å². The number of amides is 1. The van der Waals surface area contributed by atoms with Crippen LogP contribution in [0.4, 0.5) is 0 Å². The molecule has 32 heavy (non-hydrogen) atoms. The Bertz CT molecular complexity index is 871. The minimum atomic E-state index is 0.0260. The molecule has 3 atom stereocenters. The zero-order chi connectivity index (χ0) is 22.5. The van der Waals surface area contributed by atoms with Gasteiger partial charge in [0.05, 0.1) is 18.7 Å². The van der Waals surface area contributed by atoms with Gasteiger partial charge in [-0.2, -0.15) is 0 Å². The van der Waals surface area contributed by atoms with Crippen molar-refractivity contribution in [1.82, 2.24) is 19.7 Å². The first-order valence-electron chi connectivity index (χ1n) is 11.7. The molecule has 6 heteroatoms.